The minimum absolute atomic E-state index is 0.0287. The third-order valence-corrected chi connectivity index (χ3v) is 3.54. The zero-order chi connectivity index (χ0) is 16.8. The van der Waals surface area contributed by atoms with Crippen molar-refractivity contribution >= 4 is 5.91 Å². The lowest BCUT2D eigenvalue weighted by Gasteiger charge is -2.21. The van der Waals surface area contributed by atoms with E-state index in [9.17, 15) is 13.6 Å². The predicted octanol–water partition coefficient (Wildman–Crippen LogP) is 1.74. The second-order valence-corrected chi connectivity index (χ2v) is 4.98. The molecule has 0 aromatic heterocycles. The summed E-state index contributed by atoms with van der Waals surface area (Å²) in [7, 11) is 2.63. The summed E-state index contributed by atoms with van der Waals surface area (Å²) in [4.78, 5) is 14.3. The normalized spacial score (nSPS) is 15.3. The number of alkyl halides is 2. The lowest BCUT2D eigenvalue weighted by atomic mass is 10.1. The molecule has 2 rings (SSSR count). The van der Waals surface area contributed by atoms with E-state index in [1.54, 1.807) is 4.90 Å². The molecule has 1 amide bonds. The SMILES string of the molecule is COc1cc(C(=O)N2CCCNCC2)cc(OC)c1OC(F)F. The summed E-state index contributed by atoms with van der Waals surface area (Å²) < 4.78 is 39.6. The number of hydrogen-bond acceptors (Lipinski definition) is 5. The molecule has 0 spiro atoms. The number of rotatable bonds is 5. The van der Waals surface area contributed by atoms with Gasteiger partial charge >= 0.3 is 6.61 Å². The van der Waals surface area contributed by atoms with Crippen LogP contribution in [0.15, 0.2) is 12.1 Å². The number of nitrogens with one attached hydrogen (secondary N) is 1. The number of halogens is 2. The molecule has 0 bridgehead atoms. The number of benzene rings is 1. The Morgan fingerprint density at radius 1 is 1.17 bits per heavy atom. The van der Waals surface area contributed by atoms with Crippen LogP contribution in [0, 0.1) is 0 Å². The van der Waals surface area contributed by atoms with E-state index in [0.717, 1.165) is 13.0 Å². The maximum Gasteiger partial charge on any atom is 0.387 e. The van der Waals surface area contributed by atoms with Gasteiger partial charge in [-0.3, -0.25) is 4.79 Å². The minimum atomic E-state index is -3.02. The quantitative estimate of drug-likeness (QED) is 0.891. The van der Waals surface area contributed by atoms with Crippen molar-refractivity contribution < 1.29 is 27.8 Å². The second-order valence-electron chi connectivity index (χ2n) is 4.98. The van der Waals surface area contributed by atoms with Gasteiger partial charge in [-0.2, -0.15) is 8.78 Å². The van der Waals surface area contributed by atoms with Crippen LogP contribution in [-0.4, -0.2) is 57.8 Å². The maximum absolute atomic E-state index is 12.6. The fraction of sp³-hybridized carbons (Fsp3) is 0.533. The van der Waals surface area contributed by atoms with Gasteiger partial charge in [-0.05, 0) is 25.1 Å². The zero-order valence-corrected chi connectivity index (χ0v) is 13.1. The van der Waals surface area contributed by atoms with Crippen LogP contribution >= 0.6 is 0 Å². The molecule has 1 fully saturated rings. The Labute approximate surface area is 133 Å². The summed E-state index contributed by atoms with van der Waals surface area (Å²) in [5, 5.41) is 3.21. The molecule has 1 aliphatic rings. The Kier molecular flexibility index (Phi) is 5.97. The van der Waals surface area contributed by atoms with Gasteiger partial charge in [-0.25, -0.2) is 0 Å². The van der Waals surface area contributed by atoms with E-state index in [0.29, 0.717) is 25.2 Å². The van der Waals surface area contributed by atoms with Gasteiger partial charge in [0.05, 0.1) is 14.2 Å². The van der Waals surface area contributed by atoms with Crippen molar-refractivity contribution in [2.24, 2.45) is 0 Å². The number of ether oxygens (including phenoxy) is 3. The molecule has 0 unspecified atom stereocenters. The number of nitrogens with zero attached hydrogens (tertiary/aromatic N) is 1. The summed E-state index contributed by atoms with van der Waals surface area (Å²) in [6, 6.07) is 2.78. The average molecular weight is 330 g/mol. The van der Waals surface area contributed by atoms with E-state index in [4.69, 9.17) is 9.47 Å². The third kappa shape index (κ3) is 4.22. The summed E-state index contributed by atoms with van der Waals surface area (Å²) in [5.74, 6) is -0.366. The smallest absolute Gasteiger partial charge is 0.387 e. The third-order valence-electron chi connectivity index (χ3n) is 3.54. The van der Waals surface area contributed by atoms with Crippen LogP contribution in [0.1, 0.15) is 16.8 Å². The molecule has 1 heterocycles. The summed E-state index contributed by atoms with van der Waals surface area (Å²) in [6.45, 7) is -0.231. The molecule has 1 N–H and O–H groups in total. The van der Waals surface area contributed by atoms with E-state index in [2.05, 4.69) is 10.1 Å². The van der Waals surface area contributed by atoms with Crippen molar-refractivity contribution in [3.63, 3.8) is 0 Å². The van der Waals surface area contributed by atoms with Gasteiger partial charge < -0.3 is 24.4 Å². The molecule has 0 saturated carbocycles. The first-order chi connectivity index (χ1) is 11.1. The molecule has 0 aliphatic carbocycles. The van der Waals surface area contributed by atoms with Gasteiger partial charge in [0.25, 0.3) is 5.91 Å². The van der Waals surface area contributed by atoms with Gasteiger partial charge in [0.2, 0.25) is 5.75 Å². The number of hydrogen-bond donors (Lipinski definition) is 1. The van der Waals surface area contributed by atoms with Gasteiger partial charge in [0.15, 0.2) is 11.5 Å². The van der Waals surface area contributed by atoms with Gasteiger partial charge in [-0.1, -0.05) is 0 Å². The predicted molar refractivity (Wildman–Crippen MR) is 79.6 cm³/mol. The fourth-order valence-electron chi connectivity index (χ4n) is 2.44. The molecule has 1 aliphatic heterocycles. The summed E-state index contributed by atoms with van der Waals surface area (Å²) in [6.07, 6.45) is 0.854. The Morgan fingerprint density at radius 3 is 2.39 bits per heavy atom. The summed E-state index contributed by atoms with van der Waals surface area (Å²) >= 11 is 0. The monoisotopic (exact) mass is 330 g/mol. The van der Waals surface area contributed by atoms with Crippen LogP contribution in [0.2, 0.25) is 0 Å². The number of methoxy groups -OCH3 is 2. The van der Waals surface area contributed by atoms with Crippen LogP contribution in [0.25, 0.3) is 0 Å². The van der Waals surface area contributed by atoms with E-state index in [1.807, 2.05) is 0 Å². The molecule has 1 saturated heterocycles. The van der Waals surface area contributed by atoms with Crippen molar-refractivity contribution in [1.29, 1.82) is 0 Å². The first-order valence-corrected chi connectivity index (χ1v) is 7.27. The molecule has 6 nitrogen and oxygen atoms in total. The molecule has 128 valence electrons. The summed E-state index contributed by atoms with van der Waals surface area (Å²) in [5.41, 5.74) is 0.308. The Hall–Kier alpha value is -2.09. The molecular formula is C15H20F2N2O4. The standard InChI is InChI=1S/C15H20F2N2O4/c1-21-11-8-10(9-12(22-2)13(11)23-15(16)17)14(20)19-6-3-4-18-5-7-19/h8-9,15,18H,3-7H2,1-2H3. The molecule has 8 heteroatoms. The zero-order valence-electron chi connectivity index (χ0n) is 13.1. The van der Waals surface area contributed by atoms with Gasteiger partial charge in [-0.15, -0.1) is 0 Å². The van der Waals surface area contributed by atoms with Crippen molar-refractivity contribution in [3.8, 4) is 17.2 Å². The van der Waals surface area contributed by atoms with Gasteiger partial charge in [0.1, 0.15) is 0 Å². The Bertz CT molecular complexity index is 521. The van der Waals surface area contributed by atoms with Crippen LogP contribution in [0.3, 0.4) is 0 Å². The molecule has 23 heavy (non-hydrogen) atoms. The first-order valence-electron chi connectivity index (χ1n) is 7.27. The van der Waals surface area contributed by atoms with Gasteiger partial charge in [0, 0.05) is 25.2 Å². The molecular weight excluding hydrogens is 310 g/mol. The van der Waals surface area contributed by atoms with Crippen molar-refractivity contribution in [3.05, 3.63) is 17.7 Å². The minimum Gasteiger partial charge on any atom is -0.493 e. The molecule has 1 aromatic rings. The highest BCUT2D eigenvalue weighted by Gasteiger charge is 2.23. The van der Waals surface area contributed by atoms with Crippen LogP contribution < -0.4 is 19.5 Å². The number of carbonyl (C=O) groups excluding carboxylic acids is 1. The highest BCUT2D eigenvalue weighted by Crippen LogP contribution is 2.39. The van der Waals surface area contributed by atoms with E-state index in [1.165, 1.54) is 26.4 Å². The van der Waals surface area contributed by atoms with Crippen LogP contribution in [0.4, 0.5) is 8.78 Å². The second kappa shape index (κ2) is 7.96. The van der Waals surface area contributed by atoms with E-state index < -0.39 is 6.61 Å². The first kappa shape index (κ1) is 17.3. The van der Waals surface area contributed by atoms with Crippen molar-refractivity contribution in [2.45, 2.75) is 13.0 Å². The highest BCUT2D eigenvalue weighted by molar-refractivity contribution is 5.95. The molecule has 1 aromatic carbocycles. The Morgan fingerprint density at radius 2 is 1.83 bits per heavy atom. The number of carbonyl (C=O) groups is 1. The molecule has 0 radical (unpaired) electrons. The topological polar surface area (TPSA) is 60.0 Å². The fourth-order valence-corrected chi connectivity index (χ4v) is 2.44. The Balaban J connectivity index is 2.33. The number of amides is 1. The lowest BCUT2D eigenvalue weighted by molar-refractivity contribution is -0.0526. The average Bonchev–Trinajstić information content (AvgIpc) is 2.83. The van der Waals surface area contributed by atoms with Crippen molar-refractivity contribution in [1.82, 2.24) is 10.2 Å². The largest absolute Gasteiger partial charge is 0.493 e. The van der Waals surface area contributed by atoms with E-state index in [-0.39, 0.29) is 23.2 Å². The van der Waals surface area contributed by atoms with Crippen molar-refractivity contribution in [2.75, 3.05) is 40.4 Å². The highest BCUT2D eigenvalue weighted by atomic mass is 19.3. The van der Waals surface area contributed by atoms with E-state index >= 15 is 0 Å². The maximum atomic E-state index is 12.6. The lowest BCUT2D eigenvalue weighted by Crippen LogP contribution is -2.34. The molecule has 0 atom stereocenters. The van der Waals surface area contributed by atoms with Crippen LogP contribution in [0.5, 0.6) is 17.2 Å². The van der Waals surface area contributed by atoms with Crippen LogP contribution in [-0.2, 0) is 0 Å².